The van der Waals surface area contributed by atoms with E-state index < -0.39 is 0 Å². The van der Waals surface area contributed by atoms with Gasteiger partial charge in [0.1, 0.15) is 11.3 Å². The number of rotatable bonds is 2. The standard InChI is InChI=1S/C14H20N4/c1-3-18-11-6-8-16-9-10(11)17-13(18)14(2)7-4-5-12(14)15/h6,8-9,12H,3-5,7,15H2,1-2H3. The second kappa shape index (κ2) is 4.05. The first-order valence-electron chi connectivity index (χ1n) is 6.73. The Morgan fingerprint density at radius 2 is 2.39 bits per heavy atom. The molecule has 0 radical (unpaired) electrons. The third kappa shape index (κ3) is 1.48. The maximum atomic E-state index is 6.32. The van der Waals surface area contributed by atoms with Gasteiger partial charge in [-0.1, -0.05) is 13.3 Å². The monoisotopic (exact) mass is 244 g/mol. The van der Waals surface area contributed by atoms with E-state index in [2.05, 4.69) is 23.4 Å². The number of hydrogen-bond acceptors (Lipinski definition) is 3. The van der Waals surface area contributed by atoms with Crippen LogP contribution in [-0.2, 0) is 12.0 Å². The summed E-state index contributed by atoms with van der Waals surface area (Å²) in [6.07, 6.45) is 7.10. The van der Waals surface area contributed by atoms with Gasteiger partial charge in [-0.2, -0.15) is 0 Å². The van der Waals surface area contributed by atoms with E-state index in [1.165, 1.54) is 11.9 Å². The zero-order valence-electron chi connectivity index (χ0n) is 11.1. The van der Waals surface area contributed by atoms with Gasteiger partial charge in [-0.15, -0.1) is 0 Å². The number of imidazole rings is 1. The number of hydrogen-bond donors (Lipinski definition) is 1. The number of aromatic nitrogens is 3. The van der Waals surface area contributed by atoms with Crippen molar-refractivity contribution in [3.05, 3.63) is 24.3 Å². The summed E-state index contributed by atoms with van der Waals surface area (Å²) in [5.41, 5.74) is 8.48. The lowest BCUT2D eigenvalue weighted by atomic mass is 9.84. The van der Waals surface area contributed by atoms with E-state index in [1.807, 2.05) is 18.5 Å². The first-order valence-corrected chi connectivity index (χ1v) is 6.73. The van der Waals surface area contributed by atoms with Gasteiger partial charge in [0.15, 0.2) is 0 Å². The van der Waals surface area contributed by atoms with Crippen molar-refractivity contribution in [1.82, 2.24) is 14.5 Å². The molecule has 2 atom stereocenters. The Morgan fingerprint density at radius 1 is 1.56 bits per heavy atom. The molecule has 18 heavy (non-hydrogen) atoms. The van der Waals surface area contributed by atoms with Crippen molar-refractivity contribution in [2.45, 2.75) is 51.1 Å². The molecule has 2 aromatic rings. The van der Waals surface area contributed by atoms with Crippen LogP contribution in [0.25, 0.3) is 11.0 Å². The Balaban J connectivity index is 2.22. The van der Waals surface area contributed by atoms with Crippen LogP contribution in [0.2, 0.25) is 0 Å². The van der Waals surface area contributed by atoms with Crippen LogP contribution in [0.4, 0.5) is 0 Å². The summed E-state index contributed by atoms with van der Waals surface area (Å²) in [6, 6.07) is 2.26. The van der Waals surface area contributed by atoms with Crippen LogP contribution in [0.3, 0.4) is 0 Å². The molecule has 0 spiro atoms. The lowest BCUT2D eigenvalue weighted by molar-refractivity contribution is 0.389. The third-order valence-electron chi connectivity index (χ3n) is 4.41. The molecule has 4 heteroatoms. The van der Waals surface area contributed by atoms with Crippen molar-refractivity contribution in [2.75, 3.05) is 0 Å². The fourth-order valence-electron chi connectivity index (χ4n) is 3.21. The third-order valence-corrected chi connectivity index (χ3v) is 4.41. The van der Waals surface area contributed by atoms with Crippen molar-refractivity contribution in [3.63, 3.8) is 0 Å². The fraction of sp³-hybridized carbons (Fsp3) is 0.571. The van der Waals surface area contributed by atoms with Crippen LogP contribution in [0.1, 0.15) is 38.9 Å². The average Bonchev–Trinajstić information content (AvgIpc) is 2.91. The minimum atomic E-state index is 0.00896. The average molecular weight is 244 g/mol. The molecule has 4 nitrogen and oxygen atoms in total. The molecule has 2 N–H and O–H groups in total. The second-order valence-electron chi connectivity index (χ2n) is 5.46. The number of pyridine rings is 1. The fourth-order valence-corrected chi connectivity index (χ4v) is 3.21. The highest BCUT2D eigenvalue weighted by Crippen LogP contribution is 2.40. The molecule has 1 aliphatic rings. The Morgan fingerprint density at radius 3 is 3.06 bits per heavy atom. The highest BCUT2D eigenvalue weighted by atomic mass is 15.1. The van der Waals surface area contributed by atoms with Crippen LogP contribution >= 0.6 is 0 Å². The van der Waals surface area contributed by atoms with Crippen LogP contribution in [0.5, 0.6) is 0 Å². The maximum Gasteiger partial charge on any atom is 0.117 e. The van der Waals surface area contributed by atoms with E-state index in [-0.39, 0.29) is 11.5 Å². The summed E-state index contributed by atoms with van der Waals surface area (Å²) >= 11 is 0. The highest BCUT2D eigenvalue weighted by Gasteiger charge is 2.41. The van der Waals surface area contributed by atoms with Gasteiger partial charge < -0.3 is 10.3 Å². The minimum absolute atomic E-state index is 0.00896. The Labute approximate surface area is 107 Å². The van der Waals surface area contributed by atoms with E-state index in [0.29, 0.717) is 0 Å². The van der Waals surface area contributed by atoms with E-state index >= 15 is 0 Å². The van der Waals surface area contributed by atoms with Crippen LogP contribution in [0, 0.1) is 0 Å². The molecule has 0 aliphatic heterocycles. The zero-order valence-corrected chi connectivity index (χ0v) is 11.1. The van der Waals surface area contributed by atoms with Crippen LogP contribution < -0.4 is 5.73 Å². The molecular weight excluding hydrogens is 224 g/mol. The highest BCUT2D eigenvalue weighted by molar-refractivity contribution is 5.75. The molecule has 2 heterocycles. The topological polar surface area (TPSA) is 56.7 Å². The quantitative estimate of drug-likeness (QED) is 0.881. The van der Waals surface area contributed by atoms with Gasteiger partial charge in [-0.3, -0.25) is 4.98 Å². The SMILES string of the molecule is CCn1c(C2(C)CCCC2N)nc2cnccc21. The summed E-state index contributed by atoms with van der Waals surface area (Å²) in [7, 11) is 0. The van der Waals surface area contributed by atoms with E-state index in [4.69, 9.17) is 10.7 Å². The van der Waals surface area contributed by atoms with Gasteiger partial charge in [-0.05, 0) is 25.8 Å². The zero-order chi connectivity index (χ0) is 12.8. The lowest BCUT2D eigenvalue weighted by Crippen LogP contribution is -2.40. The van der Waals surface area contributed by atoms with Gasteiger partial charge in [0.25, 0.3) is 0 Å². The summed E-state index contributed by atoms with van der Waals surface area (Å²) in [5, 5.41) is 0. The van der Waals surface area contributed by atoms with Gasteiger partial charge in [0.05, 0.1) is 11.7 Å². The summed E-state index contributed by atoms with van der Waals surface area (Å²) in [6.45, 7) is 5.35. The molecule has 1 saturated carbocycles. The molecule has 3 rings (SSSR count). The van der Waals surface area contributed by atoms with E-state index in [0.717, 1.165) is 30.7 Å². The van der Waals surface area contributed by atoms with Gasteiger partial charge in [0.2, 0.25) is 0 Å². The molecule has 96 valence electrons. The molecule has 2 unspecified atom stereocenters. The second-order valence-corrected chi connectivity index (χ2v) is 5.46. The van der Waals surface area contributed by atoms with Crippen molar-refractivity contribution in [2.24, 2.45) is 5.73 Å². The first kappa shape index (κ1) is 11.7. The number of aryl methyl sites for hydroxylation is 1. The molecule has 1 fully saturated rings. The minimum Gasteiger partial charge on any atom is -0.328 e. The van der Waals surface area contributed by atoms with Gasteiger partial charge in [0, 0.05) is 24.2 Å². The predicted molar refractivity (Wildman–Crippen MR) is 72.4 cm³/mol. The Hall–Kier alpha value is -1.42. The van der Waals surface area contributed by atoms with Crippen molar-refractivity contribution >= 4 is 11.0 Å². The normalized spacial score (nSPS) is 28.1. The molecule has 2 aromatic heterocycles. The van der Waals surface area contributed by atoms with Gasteiger partial charge in [-0.25, -0.2) is 4.98 Å². The Bertz CT molecular complexity index is 574. The largest absolute Gasteiger partial charge is 0.328 e. The van der Waals surface area contributed by atoms with Gasteiger partial charge >= 0.3 is 0 Å². The predicted octanol–water partition coefficient (Wildman–Crippen LogP) is 2.22. The molecule has 0 amide bonds. The van der Waals surface area contributed by atoms with E-state index in [1.54, 1.807) is 0 Å². The number of fused-ring (bicyclic) bond motifs is 1. The first-order chi connectivity index (χ1) is 8.66. The van der Waals surface area contributed by atoms with Crippen LogP contribution in [-0.4, -0.2) is 20.6 Å². The summed E-state index contributed by atoms with van der Waals surface area (Å²) in [5.74, 6) is 1.14. The maximum absolute atomic E-state index is 6.32. The molecule has 1 aliphatic carbocycles. The molecule has 0 bridgehead atoms. The van der Waals surface area contributed by atoms with E-state index in [9.17, 15) is 0 Å². The van der Waals surface area contributed by atoms with Crippen molar-refractivity contribution < 1.29 is 0 Å². The molecule has 0 aromatic carbocycles. The Kier molecular flexibility index (Phi) is 2.63. The lowest BCUT2D eigenvalue weighted by Gasteiger charge is -2.29. The number of nitrogens with two attached hydrogens (primary N) is 1. The number of nitrogens with zero attached hydrogens (tertiary/aromatic N) is 3. The van der Waals surface area contributed by atoms with Crippen molar-refractivity contribution in [3.8, 4) is 0 Å². The van der Waals surface area contributed by atoms with Crippen LogP contribution in [0.15, 0.2) is 18.5 Å². The summed E-state index contributed by atoms with van der Waals surface area (Å²) < 4.78 is 2.29. The van der Waals surface area contributed by atoms with Crippen molar-refractivity contribution in [1.29, 1.82) is 0 Å². The molecular formula is C14H20N4. The molecule has 0 saturated heterocycles. The smallest absolute Gasteiger partial charge is 0.117 e. The summed E-state index contributed by atoms with van der Waals surface area (Å²) in [4.78, 5) is 8.97.